The van der Waals surface area contributed by atoms with Gasteiger partial charge in [-0.25, -0.2) is 0 Å². The van der Waals surface area contributed by atoms with E-state index in [1.54, 1.807) is 6.92 Å². The molecular formula is C22H34O3. The highest BCUT2D eigenvalue weighted by Crippen LogP contribution is 2.72. The molecular weight excluding hydrogens is 312 g/mol. The molecule has 4 aliphatic carbocycles. The lowest BCUT2D eigenvalue weighted by Crippen LogP contribution is -2.63. The van der Waals surface area contributed by atoms with Crippen LogP contribution < -0.4 is 0 Å². The molecule has 7 atom stereocenters. The Kier molecular flexibility index (Phi) is 3.60. The highest BCUT2D eigenvalue weighted by molar-refractivity contribution is 5.66. The van der Waals surface area contributed by atoms with E-state index in [4.69, 9.17) is 4.74 Å². The monoisotopic (exact) mass is 346 g/mol. The fraction of sp³-hybridized carbons (Fsp3) is 0.864. The average Bonchev–Trinajstić information content (AvgIpc) is 2.80. The second-order valence-electron chi connectivity index (χ2n) is 10.6. The van der Waals surface area contributed by atoms with Crippen molar-refractivity contribution >= 4 is 5.97 Å². The topological polar surface area (TPSA) is 46.5 Å². The number of allylic oxidation sites excluding steroid dienone is 1. The maximum atomic E-state index is 11.8. The number of hydrogen-bond donors (Lipinski definition) is 1. The predicted molar refractivity (Wildman–Crippen MR) is 97.8 cm³/mol. The van der Waals surface area contributed by atoms with Gasteiger partial charge in [-0.2, -0.15) is 0 Å². The summed E-state index contributed by atoms with van der Waals surface area (Å²) in [5.41, 5.74) is 0.329. The van der Waals surface area contributed by atoms with E-state index in [1.165, 1.54) is 12.8 Å². The van der Waals surface area contributed by atoms with Gasteiger partial charge in [-0.1, -0.05) is 39.8 Å². The van der Waals surface area contributed by atoms with Crippen molar-refractivity contribution in [3.05, 3.63) is 12.2 Å². The SMILES string of the molecule is CC(=O)O[C@H]1CCC(C)(C)[C@H]2CC[C@]34C=C[C@](C)(C3)[C@H](O)C[C@H]4[C@]12C. The number of aliphatic hydroxyl groups is 1. The van der Waals surface area contributed by atoms with Gasteiger partial charge in [0, 0.05) is 17.8 Å². The molecule has 0 unspecified atom stereocenters. The van der Waals surface area contributed by atoms with Crippen LogP contribution in [0.25, 0.3) is 0 Å². The van der Waals surface area contributed by atoms with Gasteiger partial charge in [0.25, 0.3) is 0 Å². The van der Waals surface area contributed by atoms with Crippen molar-refractivity contribution in [3.63, 3.8) is 0 Å². The number of fused-ring (bicyclic) bond motifs is 3. The highest BCUT2D eigenvalue weighted by atomic mass is 16.5. The summed E-state index contributed by atoms with van der Waals surface area (Å²) in [5.74, 6) is 0.774. The lowest BCUT2D eigenvalue weighted by molar-refractivity contribution is -0.221. The Labute approximate surface area is 152 Å². The molecule has 0 radical (unpaired) electrons. The molecule has 0 saturated heterocycles. The number of ether oxygens (including phenoxy) is 1. The molecule has 0 aromatic rings. The van der Waals surface area contributed by atoms with Crippen LogP contribution >= 0.6 is 0 Å². The first-order valence-corrected chi connectivity index (χ1v) is 10.1. The van der Waals surface area contributed by atoms with Crippen molar-refractivity contribution in [1.29, 1.82) is 0 Å². The minimum absolute atomic E-state index is 0.0178. The summed E-state index contributed by atoms with van der Waals surface area (Å²) in [7, 11) is 0. The largest absolute Gasteiger partial charge is 0.462 e. The summed E-state index contributed by atoms with van der Waals surface area (Å²) < 4.78 is 5.92. The molecule has 0 aromatic heterocycles. The second-order valence-corrected chi connectivity index (χ2v) is 10.6. The third-order valence-electron chi connectivity index (χ3n) is 8.82. The fourth-order valence-corrected chi connectivity index (χ4v) is 7.62. The zero-order valence-electron chi connectivity index (χ0n) is 16.5. The molecule has 4 aliphatic rings. The van der Waals surface area contributed by atoms with Crippen molar-refractivity contribution in [2.24, 2.45) is 33.5 Å². The first-order valence-electron chi connectivity index (χ1n) is 10.1. The minimum atomic E-state index is -0.289. The Bertz CT molecular complexity index is 623. The molecule has 3 fully saturated rings. The zero-order valence-corrected chi connectivity index (χ0v) is 16.5. The summed E-state index contributed by atoms with van der Waals surface area (Å²) in [6.07, 6.45) is 10.8. The van der Waals surface area contributed by atoms with Crippen molar-refractivity contribution in [1.82, 2.24) is 0 Å². The standard InChI is InChI=1S/C22H34O3/c1-14(23)25-18-7-8-19(2,3)15-6-9-22-11-10-20(4,13-22)17(24)12-16(22)21(15,18)5/h10-11,15-18,24H,6-9,12-13H2,1-5H3/t15-,16+,17-,18+,20-,21-,22+/m1/s1. The summed E-state index contributed by atoms with van der Waals surface area (Å²) in [4.78, 5) is 11.8. The number of carbonyl (C=O) groups excluding carboxylic acids is 1. The molecule has 0 aliphatic heterocycles. The molecule has 3 nitrogen and oxygen atoms in total. The van der Waals surface area contributed by atoms with Gasteiger partial charge < -0.3 is 9.84 Å². The second kappa shape index (κ2) is 5.12. The quantitative estimate of drug-likeness (QED) is 0.562. The van der Waals surface area contributed by atoms with E-state index in [-0.39, 0.29) is 39.8 Å². The first kappa shape index (κ1) is 17.6. The molecule has 25 heavy (non-hydrogen) atoms. The van der Waals surface area contributed by atoms with Crippen molar-refractivity contribution < 1.29 is 14.6 Å². The summed E-state index contributed by atoms with van der Waals surface area (Å²) in [6.45, 7) is 10.9. The van der Waals surface area contributed by atoms with Crippen LogP contribution in [0, 0.1) is 33.5 Å². The van der Waals surface area contributed by atoms with Gasteiger partial charge in [0.15, 0.2) is 0 Å². The van der Waals surface area contributed by atoms with Gasteiger partial charge in [0.05, 0.1) is 6.10 Å². The highest BCUT2D eigenvalue weighted by Gasteiger charge is 2.67. The lowest BCUT2D eigenvalue weighted by Gasteiger charge is -2.66. The van der Waals surface area contributed by atoms with Crippen molar-refractivity contribution in [2.75, 3.05) is 0 Å². The molecule has 3 saturated carbocycles. The average molecular weight is 347 g/mol. The van der Waals surface area contributed by atoms with Gasteiger partial charge in [-0.15, -0.1) is 0 Å². The normalized spacial score (nSPS) is 53.0. The zero-order chi connectivity index (χ0) is 18.3. The molecule has 0 amide bonds. The minimum Gasteiger partial charge on any atom is -0.462 e. The predicted octanol–water partition coefficient (Wildman–Crippen LogP) is 4.49. The number of rotatable bonds is 1. The van der Waals surface area contributed by atoms with Gasteiger partial charge >= 0.3 is 5.97 Å². The fourth-order valence-electron chi connectivity index (χ4n) is 7.62. The summed E-state index contributed by atoms with van der Waals surface area (Å²) >= 11 is 0. The Morgan fingerprint density at radius 3 is 2.48 bits per heavy atom. The smallest absolute Gasteiger partial charge is 0.302 e. The number of hydrogen-bond acceptors (Lipinski definition) is 3. The van der Waals surface area contributed by atoms with E-state index < -0.39 is 0 Å². The Balaban J connectivity index is 1.80. The Morgan fingerprint density at radius 1 is 1.08 bits per heavy atom. The molecule has 0 aromatic carbocycles. The molecule has 2 bridgehead atoms. The van der Waals surface area contributed by atoms with Gasteiger partial charge in [0.2, 0.25) is 0 Å². The van der Waals surface area contributed by atoms with E-state index in [9.17, 15) is 9.90 Å². The third kappa shape index (κ3) is 2.23. The van der Waals surface area contributed by atoms with Crippen LogP contribution in [0.2, 0.25) is 0 Å². The van der Waals surface area contributed by atoms with Crippen LogP contribution in [0.4, 0.5) is 0 Å². The number of esters is 1. The Morgan fingerprint density at radius 2 is 1.80 bits per heavy atom. The lowest BCUT2D eigenvalue weighted by atomic mass is 9.39. The van der Waals surface area contributed by atoms with Crippen LogP contribution in [0.5, 0.6) is 0 Å². The number of aliphatic hydroxyl groups excluding tert-OH is 1. The van der Waals surface area contributed by atoms with E-state index >= 15 is 0 Å². The van der Waals surface area contributed by atoms with Crippen molar-refractivity contribution in [2.45, 2.75) is 85.4 Å². The molecule has 4 rings (SSSR count). The first-order chi connectivity index (χ1) is 11.5. The van der Waals surface area contributed by atoms with Gasteiger partial charge in [-0.3, -0.25) is 4.79 Å². The Hall–Kier alpha value is -0.830. The van der Waals surface area contributed by atoms with Gasteiger partial charge in [0.1, 0.15) is 6.10 Å². The van der Waals surface area contributed by atoms with E-state index in [1.807, 2.05) is 0 Å². The van der Waals surface area contributed by atoms with Gasteiger partial charge in [-0.05, 0) is 61.2 Å². The maximum Gasteiger partial charge on any atom is 0.302 e. The number of carbonyl (C=O) groups is 1. The summed E-state index contributed by atoms with van der Waals surface area (Å²) in [6, 6.07) is 0. The molecule has 1 spiro atoms. The van der Waals surface area contributed by atoms with Crippen LogP contribution in [-0.4, -0.2) is 23.3 Å². The van der Waals surface area contributed by atoms with Crippen LogP contribution in [0.1, 0.15) is 73.1 Å². The third-order valence-corrected chi connectivity index (χ3v) is 8.82. The molecule has 3 heteroatoms. The van der Waals surface area contributed by atoms with E-state index in [0.717, 1.165) is 25.7 Å². The van der Waals surface area contributed by atoms with E-state index in [0.29, 0.717) is 11.8 Å². The van der Waals surface area contributed by atoms with Crippen LogP contribution in [0.3, 0.4) is 0 Å². The molecule has 140 valence electrons. The maximum absolute atomic E-state index is 11.8. The molecule has 0 heterocycles. The molecule has 1 N–H and O–H groups in total. The van der Waals surface area contributed by atoms with Crippen LogP contribution in [0.15, 0.2) is 12.2 Å². The van der Waals surface area contributed by atoms with E-state index in [2.05, 4.69) is 39.8 Å². The summed E-state index contributed by atoms with van der Waals surface area (Å²) in [5, 5.41) is 10.9. The van der Waals surface area contributed by atoms with Crippen LogP contribution in [-0.2, 0) is 9.53 Å². The van der Waals surface area contributed by atoms with Crippen molar-refractivity contribution in [3.8, 4) is 0 Å².